The molecule has 2 atom stereocenters. The average molecular weight is 338 g/mol. The van der Waals surface area contributed by atoms with Gasteiger partial charge in [0.05, 0.1) is 13.7 Å². The Balaban J connectivity index is 2.45. The zero-order valence-electron chi connectivity index (χ0n) is 14.5. The number of methoxy groups -OCH3 is 1. The van der Waals surface area contributed by atoms with Gasteiger partial charge in [-0.25, -0.2) is 0 Å². The Bertz CT molecular complexity index is 737. The number of hydrogen-bond donors (Lipinski definition) is 0. The third kappa shape index (κ3) is 4.35. The van der Waals surface area contributed by atoms with Gasteiger partial charge in [-0.05, 0) is 24.6 Å². The molecule has 0 fully saturated rings. The van der Waals surface area contributed by atoms with Crippen LogP contribution in [0.4, 0.5) is 0 Å². The standard InChI is InChI=1S/C21H22O4/c1-4-18(15-10-7-6-8-11-15)19(21(23)25-5-2)20(22)16-12-9-13-17(14-16)24-3/h4,6-14,18-19H,1,5H2,2-3H3/t18-,19+/m0/s1. The van der Waals surface area contributed by atoms with Crippen LogP contribution in [0.15, 0.2) is 67.3 Å². The van der Waals surface area contributed by atoms with Gasteiger partial charge < -0.3 is 9.47 Å². The van der Waals surface area contributed by atoms with E-state index in [1.54, 1.807) is 37.3 Å². The number of ether oxygens (including phenoxy) is 2. The summed E-state index contributed by atoms with van der Waals surface area (Å²) >= 11 is 0. The van der Waals surface area contributed by atoms with E-state index in [4.69, 9.17) is 9.47 Å². The summed E-state index contributed by atoms with van der Waals surface area (Å²) in [5.74, 6) is -1.77. The number of carbonyl (C=O) groups excluding carboxylic acids is 2. The molecular formula is C21H22O4. The minimum Gasteiger partial charge on any atom is -0.497 e. The molecule has 0 bridgehead atoms. The quantitative estimate of drug-likeness (QED) is 0.316. The van der Waals surface area contributed by atoms with Crippen LogP contribution in [0.2, 0.25) is 0 Å². The number of hydrogen-bond acceptors (Lipinski definition) is 4. The van der Waals surface area contributed by atoms with E-state index in [-0.39, 0.29) is 12.4 Å². The van der Waals surface area contributed by atoms with Crippen molar-refractivity contribution in [3.8, 4) is 5.75 Å². The maximum Gasteiger partial charge on any atom is 0.317 e. The lowest BCUT2D eigenvalue weighted by atomic mass is 9.81. The molecule has 0 aliphatic heterocycles. The molecule has 4 nitrogen and oxygen atoms in total. The number of carbonyl (C=O) groups is 2. The molecule has 0 saturated carbocycles. The molecular weight excluding hydrogens is 316 g/mol. The first-order valence-electron chi connectivity index (χ1n) is 8.14. The van der Waals surface area contributed by atoms with Crippen molar-refractivity contribution >= 4 is 11.8 Å². The molecule has 0 aliphatic rings. The summed E-state index contributed by atoms with van der Waals surface area (Å²) in [5.41, 5.74) is 1.24. The van der Waals surface area contributed by atoms with Crippen molar-refractivity contribution in [3.63, 3.8) is 0 Å². The minimum atomic E-state index is -0.994. The SMILES string of the molecule is C=C[C@@H](c1ccccc1)[C@@H](C(=O)OCC)C(=O)c1cccc(OC)c1. The molecule has 0 aliphatic carbocycles. The van der Waals surface area contributed by atoms with E-state index in [9.17, 15) is 9.59 Å². The lowest BCUT2D eigenvalue weighted by Gasteiger charge is -2.22. The molecule has 130 valence electrons. The van der Waals surface area contributed by atoms with Gasteiger partial charge in [0, 0.05) is 11.5 Å². The Morgan fingerprint density at radius 2 is 1.84 bits per heavy atom. The normalized spacial score (nSPS) is 12.7. The van der Waals surface area contributed by atoms with Crippen molar-refractivity contribution in [2.75, 3.05) is 13.7 Å². The average Bonchev–Trinajstić information content (AvgIpc) is 2.66. The van der Waals surface area contributed by atoms with Crippen LogP contribution >= 0.6 is 0 Å². The van der Waals surface area contributed by atoms with Gasteiger partial charge in [0.25, 0.3) is 0 Å². The van der Waals surface area contributed by atoms with Gasteiger partial charge in [0.15, 0.2) is 5.78 Å². The van der Waals surface area contributed by atoms with Crippen LogP contribution in [0.3, 0.4) is 0 Å². The Morgan fingerprint density at radius 3 is 2.44 bits per heavy atom. The second-order valence-corrected chi connectivity index (χ2v) is 5.50. The number of Topliss-reactive ketones (excluding diaryl/α,β-unsaturated/α-hetero) is 1. The van der Waals surface area contributed by atoms with E-state index < -0.39 is 17.8 Å². The monoisotopic (exact) mass is 338 g/mol. The highest BCUT2D eigenvalue weighted by Crippen LogP contribution is 2.30. The summed E-state index contributed by atoms with van der Waals surface area (Å²) in [4.78, 5) is 25.7. The highest BCUT2D eigenvalue weighted by atomic mass is 16.5. The van der Waals surface area contributed by atoms with Gasteiger partial charge in [-0.2, -0.15) is 0 Å². The van der Waals surface area contributed by atoms with Gasteiger partial charge in [-0.1, -0.05) is 48.5 Å². The number of benzene rings is 2. The highest BCUT2D eigenvalue weighted by molar-refractivity contribution is 6.09. The topological polar surface area (TPSA) is 52.6 Å². The number of esters is 1. The van der Waals surface area contributed by atoms with Crippen LogP contribution < -0.4 is 4.74 Å². The lowest BCUT2D eigenvalue weighted by molar-refractivity contribution is -0.146. The molecule has 0 N–H and O–H groups in total. The predicted molar refractivity (Wildman–Crippen MR) is 96.8 cm³/mol. The minimum absolute atomic E-state index is 0.208. The Labute approximate surface area is 148 Å². The van der Waals surface area contributed by atoms with Gasteiger partial charge in [-0.3, -0.25) is 9.59 Å². The van der Waals surface area contributed by atoms with Crippen LogP contribution in [0.1, 0.15) is 28.8 Å². The maximum absolute atomic E-state index is 13.1. The van der Waals surface area contributed by atoms with E-state index >= 15 is 0 Å². The zero-order valence-corrected chi connectivity index (χ0v) is 14.5. The van der Waals surface area contributed by atoms with Gasteiger partial charge >= 0.3 is 5.97 Å². The first kappa shape index (κ1) is 18.5. The van der Waals surface area contributed by atoms with Crippen molar-refractivity contribution in [2.24, 2.45) is 5.92 Å². The number of ketones is 1. The summed E-state index contributed by atoms with van der Waals surface area (Å²) in [5, 5.41) is 0. The molecule has 0 saturated heterocycles. The fraction of sp³-hybridized carbons (Fsp3) is 0.238. The van der Waals surface area contributed by atoms with Crippen molar-refractivity contribution in [3.05, 3.63) is 78.4 Å². The molecule has 4 heteroatoms. The molecule has 0 unspecified atom stereocenters. The van der Waals surface area contributed by atoms with Crippen LogP contribution in [-0.4, -0.2) is 25.5 Å². The van der Waals surface area contributed by atoms with Gasteiger partial charge in [0.2, 0.25) is 0 Å². The third-order valence-electron chi connectivity index (χ3n) is 3.97. The van der Waals surface area contributed by atoms with E-state index in [0.29, 0.717) is 11.3 Å². The summed E-state index contributed by atoms with van der Waals surface area (Å²) in [6, 6.07) is 16.1. The first-order chi connectivity index (χ1) is 12.1. The molecule has 0 radical (unpaired) electrons. The Hall–Kier alpha value is -2.88. The molecule has 2 aromatic rings. The third-order valence-corrected chi connectivity index (χ3v) is 3.97. The van der Waals surface area contributed by atoms with Crippen molar-refractivity contribution in [1.82, 2.24) is 0 Å². The van der Waals surface area contributed by atoms with Crippen LogP contribution in [0.5, 0.6) is 5.75 Å². The van der Waals surface area contributed by atoms with Crippen LogP contribution in [0.25, 0.3) is 0 Å². The van der Waals surface area contributed by atoms with E-state index in [1.165, 1.54) is 7.11 Å². The smallest absolute Gasteiger partial charge is 0.317 e. The Kier molecular flexibility index (Phi) is 6.52. The van der Waals surface area contributed by atoms with E-state index in [2.05, 4.69) is 6.58 Å². The zero-order chi connectivity index (χ0) is 18.2. The van der Waals surface area contributed by atoms with Gasteiger partial charge in [-0.15, -0.1) is 6.58 Å². The molecule has 0 spiro atoms. The Morgan fingerprint density at radius 1 is 1.12 bits per heavy atom. The molecule has 2 aromatic carbocycles. The fourth-order valence-electron chi connectivity index (χ4n) is 2.74. The van der Waals surface area contributed by atoms with Crippen molar-refractivity contribution in [2.45, 2.75) is 12.8 Å². The first-order valence-corrected chi connectivity index (χ1v) is 8.14. The second-order valence-electron chi connectivity index (χ2n) is 5.50. The summed E-state index contributed by atoms with van der Waals surface area (Å²) in [6.07, 6.45) is 1.62. The van der Waals surface area contributed by atoms with E-state index in [0.717, 1.165) is 5.56 Å². The maximum atomic E-state index is 13.1. The predicted octanol–water partition coefficient (Wildman–Crippen LogP) is 4.03. The molecule has 25 heavy (non-hydrogen) atoms. The van der Waals surface area contributed by atoms with Crippen LogP contribution in [-0.2, 0) is 9.53 Å². The van der Waals surface area contributed by atoms with Gasteiger partial charge in [0.1, 0.15) is 11.7 Å². The molecule has 0 heterocycles. The summed E-state index contributed by atoms with van der Waals surface area (Å²) < 4.78 is 10.3. The molecule has 2 rings (SSSR count). The molecule has 0 amide bonds. The summed E-state index contributed by atoms with van der Waals surface area (Å²) in [6.45, 7) is 5.75. The highest BCUT2D eigenvalue weighted by Gasteiger charge is 2.36. The van der Waals surface area contributed by atoms with Crippen LogP contribution in [0, 0.1) is 5.92 Å². The van der Waals surface area contributed by atoms with Crippen molar-refractivity contribution < 1.29 is 19.1 Å². The lowest BCUT2D eigenvalue weighted by Crippen LogP contribution is -2.31. The summed E-state index contributed by atoms with van der Waals surface area (Å²) in [7, 11) is 1.53. The fourth-order valence-corrected chi connectivity index (χ4v) is 2.74. The molecule has 0 aromatic heterocycles. The number of rotatable bonds is 8. The van der Waals surface area contributed by atoms with E-state index in [1.807, 2.05) is 30.3 Å². The van der Waals surface area contributed by atoms with Crippen molar-refractivity contribution in [1.29, 1.82) is 0 Å². The largest absolute Gasteiger partial charge is 0.497 e. The second kappa shape index (κ2) is 8.83. The number of allylic oxidation sites excluding steroid dienone is 1.